The number of hydrogen-bond donors (Lipinski definition) is 2. The SMILES string of the molecule is CCC[C@H](C)N(C)C(=O)c1cc(S(=O)(=O)NCCOC)c[nH]1. The van der Waals surface area contributed by atoms with E-state index in [9.17, 15) is 13.2 Å². The summed E-state index contributed by atoms with van der Waals surface area (Å²) in [6.45, 7) is 4.49. The molecule has 1 aromatic rings. The van der Waals surface area contributed by atoms with Crippen LogP contribution in [0, 0.1) is 0 Å². The van der Waals surface area contributed by atoms with E-state index in [1.54, 1.807) is 11.9 Å². The van der Waals surface area contributed by atoms with Crippen LogP contribution < -0.4 is 4.72 Å². The van der Waals surface area contributed by atoms with Crippen molar-refractivity contribution in [3.63, 3.8) is 0 Å². The maximum absolute atomic E-state index is 12.3. The highest BCUT2D eigenvalue weighted by molar-refractivity contribution is 7.89. The molecule has 0 unspecified atom stereocenters. The van der Waals surface area contributed by atoms with E-state index < -0.39 is 10.0 Å². The number of nitrogens with one attached hydrogen (secondary N) is 2. The molecule has 0 spiro atoms. The van der Waals surface area contributed by atoms with Crippen LogP contribution in [0.1, 0.15) is 37.2 Å². The lowest BCUT2D eigenvalue weighted by atomic mass is 10.1. The number of carbonyl (C=O) groups is 1. The summed E-state index contributed by atoms with van der Waals surface area (Å²) in [7, 11) is -0.422. The standard InChI is InChI=1S/C14H25N3O4S/c1-5-6-11(2)17(3)14(18)13-9-12(10-15-13)22(19,20)16-7-8-21-4/h9-11,15-16H,5-8H2,1-4H3/t11-/m0/s1. The number of H-pyrrole nitrogens is 1. The number of rotatable bonds is 9. The molecule has 22 heavy (non-hydrogen) atoms. The lowest BCUT2D eigenvalue weighted by Gasteiger charge is -2.24. The molecule has 1 aromatic heterocycles. The Balaban J connectivity index is 2.80. The molecule has 0 bridgehead atoms. The molecular formula is C14H25N3O4S. The summed E-state index contributed by atoms with van der Waals surface area (Å²) in [6.07, 6.45) is 3.19. The van der Waals surface area contributed by atoms with E-state index >= 15 is 0 Å². The minimum Gasteiger partial charge on any atom is -0.383 e. The number of nitrogens with zero attached hydrogens (tertiary/aromatic N) is 1. The third kappa shape index (κ3) is 4.82. The lowest BCUT2D eigenvalue weighted by Crippen LogP contribution is -2.35. The van der Waals surface area contributed by atoms with Crippen LogP contribution in [-0.2, 0) is 14.8 Å². The van der Waals surface area contributed by atoms with Gasteiger partial charge in [-0.25, -0.2) is 13.1 Å². The maximum Gasteiger partial charge on any atom is 0.270 e. The summed E-state index contributed by atoms with van der Waals surface area (Å²) in [5, 5.41) is 0. The van der Waals surface area contributed by atoms with Crippen molar-refractivity contribution in [3.8, 4) is 0 Å². The fraction of sp³-hybridized carbons (Fsp3) is 0.643. The van der Waals surface area contributed by atoms with E-state index in [1.165, 1.54) is 19.4 Å². The van der Waals surface area contributed by atoms with E-state index in [-0.39, 0.29) is 35.7 Å². The van der Waals surface area contributed by atoms with Crippen LogP contribution in [0.15, 0.2) is 17.2 Å². The average molecular weight is 331 g/mol. The van der Waals surface area contributed by atoms with Gasteiger partial charge in [0.25, 0.3) is 5.91 Å². The molecule has 0 aliphatic heterocycles. The fourth-order valence-corrected chi connectivity index (χ4v) is 3.02. The molecule has 1 heterocycles. The first-order valence-corrected chi connectivity index (χ1v) is 8.76. The van der Waals surface area contributed by atoms with Gasteiger partial charge in [-0.05, 0) is 19.4 Å². The molecule has 1 amide bonds. The summed E-state index contributed by atoms with van der Waals surface area (Å²) < 4.78 is 31.3. The number of amides is 1. The Labute approximate surface area is 132 Å². The molecule has 0 aliphatic carbocycles. The van der Waals surface area contributed by atoms with Crippen molar-refractivity contribution in [2.45, 2.75) is 37.6 Å². The van der Waals surface area contributed by atoms with Crippen molar-refractivity contribution in [3.05, 3.63) is 18.0 Å². The zero-order chi connectivity index (χ0) is 16.8. The third-order valence-corrected chi connectivity index (χ3v) is 4.92. The van der Waals surface area contributed by atoms with Gasteiger partial charge in [0.2, 0.25) is 10.0 Å². The van der Waals surface area contributed by atoms with Gasteiger partial charge < -0.3 is 14.6 Å². The van der Waals surface area contributed by atoms with Gasteiger partial charge in [0.05, 0.1) is 6.61 Å². The first-order chi connectivity index (χ1) is 10.3. The van der Waals surface area contributed by atoms with E-state index in [2.05, 4.69) is 16.6 Å². The molecule has 7 nitrogen and oxygen atoms in total. The lowest BCUT2D eigenvalue weighted by molar-refractivity contribution is 0.0731. The van der Waals surface area contributed by atoms with Crippen molar-refractivity contribution in [2.24, 2.45) is 0 Å². The van der Waals surface area contributed by atoms with Crippen molar-refractivity contribution in [2.75, 3.05) is 27.3 Å². The van der Waals surface area contributed by atoms with Gasteiger partial charge >= 0.3 is 0 Å². The van der Waals surface area contributed by atoms with Crippen LogP contribution in [0.3, 0.4) is 0 Å². The molecular weight excluding hydrogens is 306 g/mol. The fourth-order valence-electron chi connectivity index (χ4n) is 2.02. The Morgan fingerprint density at radius 3 is 2.77 bits per heavy atom. The first kappa shape index (κ1) is 18.7. The molecule has 0 radical (unpaired) electrons. The van der Waals surface area contributed by atoms with Crippen molar-refractivity contribution >= 4 is 15.9 Å². The molecule has 0 aromatic carbocycles. The van der Waals surface area contributed by atoms with Gasteiger partial charge in [0.1, 0.15) is 10.6 Å². The molecule has 2 N–H and O–H groups in total. The number of carbonyl (C=O) groups excluding carboxylic acids is 1. The molecule has 0 fully saturated rings. The normalized spacial score (nSPS) is 13.1. The van der Waals surface area contributed by atoms with Gasteiger partial charge in [-0.15, -0.1) is 0 Å². The predicted octanol–water partition coefficient (Wildman–Crippen LogP) is 1.20. The van der Waals surface area contributed by atoms with Gasteiger partial charge in [-0.1, -0.05) is 13.3 Å². The van der Waals surface area contributed by atoms with Crippen LogP contribution in [0.5, 0.6) is 0 Å². The van der Waals surface area contributed by atoms with Crippen molar-refractivity contribution < 1.29 is 17.9 Å². The van der Waals surface area contributed by atoms with E-state index in [0.29, 0.717) is 0 Å². The average Bonchev–Trinajstić information content (AvgIpc) is 2.96. The molecule has 0 saturated carbocycles. The van der Waals surface area contributed by atoms with Crippen LogP contribution in [-0.4, -0.2) is 57.6 Å². The number of aromatic amines is 1. The summed E-state index contributed by atoms with van der Waals surface area (Å²) >= 11 is 0. The second kappa shape index (κ2) is 8.30. The number of ether oxygens (including phenoxy) is 1. The van der Waals surface area contributed by atoms with E-state index in [1.807, 2.05) is 6.92 Å². The Bertz CT molecular complexity index is 583. The highest BCUT2D eigenvalue weighted by Gasteiger charge is 2.22. The molecule has 0 saturated heterocycles. The van der Waals surface area contributed by atoms with Crippen LogP contribution in [0.25, 0.3) is 0 Å². The van der Waals surface area contributed by atoms with Gasteiger partial charge in [-0.3, -0.25) is 4.79 Å². The largest absolute Gasteiger partial charge is 0.383 e. The summed E-state index contributed by atoms with van der Waals surface area (Å²) in [6, 6.07) is 1.45. The van der Waals surface area contributed by atoms with Crippen LogP contribution in [0.2, 0.25) is 0 Å². The Morgan fingerprint density at radius 1 is 1.50 bits per heavy atom. The summed E-state index contributed by atoms with van der Waals surface area (Å²) in [5.41, 5.74) is 0.262. The van der Waals surface area contributed by atoms with Crippen LogP contribution in [0.4, 0.5) is 0 Å². The highest BCUT2D eigenvalue weighted by atomic mass is 32.2. The number of methoxy groups -OCH3 is 1. The van der Waals surface area contributed by atoms with Crippen LogP contribution >= 0.6 is 0 Å². The monoisotopic (exact) mass is 331 g/mol. The molecule has 126 valence electrons. The summed E-state index contributed by atoms with van der Waals surface area (Å²) in [5.74, 6) is -0.223. The van der Waals surface area contributed by atoms with Gasteiger partial charge in [-0.2, -0.15) is 0 Å². The second-order valence-electron chi connectivity index (χ2n) is 5.19. The topological polar surface area (TPSA) is 91.5 Å². The second-order valence-corrected chi connectivity index (χ2v) is 6.96. The first-order valence-electron chi connectivity index (χ1n) is 7.27. The molecule has 0 aliphatic rings. The number of sulfonamides is 1. The van der Waals surface area contributed by atoms with Gasteiger partial charge in [0, 0.05) is 32.9 Å². The predicted molar refractivity (Wildman–Crippen MR) is 84.3 cm³/mol. The molecule has 8 heteroatoms. The zero-order valence-electron chi connectivity index (χ0n) is 13.5. The Hall–Kier alpha value is -1.38. The van der Waals surface area contributed by atoms with Crippen molar-refractivity contribution in [1.29, 1.82) is 0 Å². The smallest absolute Gasteiger partial charge is 0.270 e. The zero-order valence-corrected chi connectivity index (χ0v) is 14.4. The minimum atomic E-state index is -3.63. The third-order valence-electron chi connectivity index (χ3n) is 3.48. The van der Waals surface area contributed by atoms with E-state index in [0.717, 1.165) is 12.8 Å². The number of aromatic nitrogens is 1. The molecule has 1 atom stereocenters. The Kier molecular flexibility index (Phi) is 7.05. The van der Waals surface area contributed by atoms with Crippen molar-refractivity contribution in [1.82, 2.24) is 14.6 Å². The summed E-state index contributed by atoms with van der Waals surface area (Å²) in [4.78, 5) is 16.7. The highest BCUT2D eigenvalue weighted by Crippen LogP contribution is 2.14. The van der Waals surface area contributed by atoms with Gasteiger partial charge in [0.15, 0.2) is 0 Å². The maximum atomic E-state index is 12.3. The van der Waals surface area contributed by atoms with E-state index in [4.69, 9.17) is 4.74 Å². The Morgan fingerprint density at radius 2 is 2.18 bits per heavy atom. The molecule has 1 rings (SSSR count). The minimum absolute atomic E-state index is 0.0449. The number of hydrogen-bond acceptors (Lipinski definition) is 4. The quantitative estimate of drug-likeness (QED) is 0.665.